The first-order valence-corrected chi connectivity index (χ1v) is 9.49. The number of benzene rings is 1. The molecule has 2 fully saturated rings. The lowest BCUT2D eigenvalue weighted by Gasteiger charge is -2.40. The van der Waals surface area contributed by atoms with Crippen LogP contribution in [0.15, 0.2) is 41.5 Å². The van der Waals surface area contributed by atoms with E-state index < -0.39 is 0 Å². The third-order valence-corrected chi connectivity index (χ3v) is 5.50. The van der Waals surface area contributed by atoms with Gasteiger partial charge in [-0.2, -0.15) is 0 Å². The van der Waals surface area contributed by atoms with E-state index in [1.807, 2.05) is 24.4 Å². The van der Waals surface area contributed by atoms with Crippen molar-refractivity contribution in [3.63, 3.8) is 0 Å². The summed E-state index contributed by atoms with van der Waals surface area (Å²) in [5.74, 6) is 1.91. The summed E-state index contributed by atoms with van der Waals surface area (Å²) in [6.45, 7) is 3.18. The van der Waals surface area contributed by atoms with Crippen LogP contribution in [0.1, 0.15) is 25.1 Å². The third-order valence-electron chi connectivity index (χ3n) is 5.50. The molecule has 1 atom stereocenters. The standard InChI is InChI=1S/C20H26N6O.HI/c1-21-19(26-9-5-8-20(14-26)10-18(27)24-13-20)23-12-17-22-11-16(25-17)15-6-3-2-4-7-15;/h2-4,6-7,11H,5,8-10,12-14H2,1H3,(H,21,23)(H,22,25)(H,24,27);1H. The van der Waals surface area contributed by atoms with Crippen molar-refractivity contribution in [2.45, 2.75) is 25.8 Å². The highest BCUT2D eigenvalue weighted by atomic mass is 127. The van der Waals surface area contributed by atoms with Crippen molar-refractivity contribution >= 4 is 35.8 Å². The van der Waals surface area contributed by atoms with E-state index in [1.54, 1.807) is 7.05 Å². The Morgan fingerprint density at radius 2 is 2.18 bits per heavy atom. The largest absolute Gasteiger partial charge is 0.355 e. The lowest BCUT2D eigenvalue weighted by molar-refractivity contribution is -0.119. The van der Waals surface area contributed by atoms with Gasteiger partial charge in [0.25, 0.3) is 0 Å². The fourth-order valence-corrected chi connectivity index (χ4v) is 4.14. The number of halogens is 1. The smallest absolute Gasteiger partial charge is 0.220 e. The quantitative estimate of drug-likeness (QED) is 0.348. The second kappa shape index (κ2) is 8.93. The van der Waals surface area contributed by atoms with Crippen LogP contribution in [-0.2, 0) is 11.3 Å². The molecule has 1 amide bonds. The molecule has 150 valence electrons. The molecule has 28 heavy (non-hydrogen) atoms. The van der Waals surface area contributed by atoms with Gasteiger partial charge in [-0.3, -0.25) is 9.79 Å². The van der Waals surface area contributed by atoms with Gasteiger partial charge in [0.1, 0.15) is 5.82 Å². The van der Waals surface area contributed by atoms with Gasteiger partial charge in [-0.15, -0.1) is 24.0 Å². The van der Waals surface area contributed by atoms with Crippen LogP contribution in [0, 0.1) is 5.41 Å². The van der Waals surface area contributed by atoms with Gasteiger partial charge in [-0.05, 0) is 18.4 Å². The van der Waals surface area contributed by atoms with Gasteiger partial charge in [-0.1, -0.05) is 30.3 Å². The van der Waals surface area contributed by atoms with E-state index in [9.17, 15) is 4.79 Å². The van der Waals surface area contributed by atoms with Crippen LogP contribution in [0.5, 0.6) is 0 Å². The average Bonchev–Trinajstić information content (AvgIpc) is 3.30. The molecule has 2 aliphatic heterocycles. The Balaban J connectivity index is 0.00000225. The number of carbonyl (C=O) groups excluding carboxylic acids is 1. The van der Waals surface area contributed by atoms with E-state index >= 15 is 0 Å². The van der Waals surface area contributed by atoms with Crippen LogP contribution < -0.4 is 10.6 Å². The van der Waals surface area contributed by atoms with Gasteiger partial charge in [0, 0.05) is 38.5 Å². The van der Waals surface area contributed by atoms with Crippen molar-refractivity contribution in [2.24, 2.45) is 10.4 Å². The Morgan fingerprint density at radius 3 is 2.89 bits per heavy atom. The number of rotatable bonds is 3. The molecule has 1 unspecified atom stereocenters. The monoisotopic (exact) mass is 494 g/mol. The summed E-state index contributed by atoms with van der Waals surface area (Å²) in [6, 6.07) is 10.2. The fraction of sp³-hybridized carbons (Fsp3) is 0.450. The van der Waals surface area contributed by atoms with Crippen LogP contribution in [0.4, 0.5) is 0 Å². The zero-order chi connectivity index (χ0) is 18.7. The number of amides is 1. The summed E-state index contributed by atoms with van der Waals surface area (Å²) in [7, 11) is 1.80. The number of likely N-dealkylation sites (tertiary alicyclic amines) is 1. The van der Waals surface area contributed by atoms with Gasteiger partial charge in [0.2, 0.25) is 5.91 Å². The first kappa shape index (κ1) is 20.6. The summed E-state index contributed by atoms with van der Waals surface area (Å²) in [4.78, 5) is 26.3. The van der Waals surface area contributed by atoms with Gasteiger partial charge in [-0.25, -0.2) is 4.98 Å². The minimum absolute atomic E-state index is 0. The van der Waals surface area contributed by atoms with Crippen LogP contribution in [0.3, 0.4) is 0 Å². The predicted molar refractivity (Wildman–Crippen MR) is 121 cm³/mol. The van der Waals surface area contributed by atoms with Gasteiger partial charge < -0.3 is 20.5 Å². The Morgan fingerprint density at radius 1 is 1.36 bits per heavy atom. The van der Waals surface area contributed by atoms with Crippen LogP contribution in [-0.4, -0.2) is 53.4 Å². The van der Waals surface area contributed by atoms with Crippen LogP contribution in [0.25, 0.3) is 11.3 Å². The molecule has 0 saturated carbocycles. The minimum atomic E-state index is 0. The van der Waals surface area contributed by atoms with Gasteiger partial charge >= 0.3 is 0 Å². The summed E-state index contributed by atoms with van der Waals surface area (Å²) < 4.78 is 0. The molecule has 1 aromatic carbocycles. The molecule has 2 aliphatic rings. The minimum Gasteiger partial charge on any atom is -0.355 e. The first-order chi connectivity index (χ1) is 13.2. The number of piperidine rings is 1. The molecule has 7 nitrogen and oxygen atoms in total. The van der Waals surface area contributed by atoms with Crippen LogP contribution in [0.2, 0.25) is 0 Å². The van der Waals surface area contributed by atoms with E-state index in [1.165, 1.54) is 0 Å². The van der Waals surface area contributed by atoms with E-state index in [-0.39, 0.29) is 35.3 Å². The van der Waals surface area contributed by atoms with Crippen molar-refractivity contribution in [1.82, 2.24) is 25.5 Å². The van der Waals surface area contributed by atoms with Gasteiger partial charge in [0.15, 0.2) is 5.96 Å². The summed E-state index contributed by atoms with van der Waals surface area (Å²) >= 11 is 0. The Labute approximate surface area is 182 Å². The SMILES string of the molecule is CN=C(NCc1ncc(-c2ccccc2)[nH]1)N1CCCC2(CNC(=O)C2)C1.I. The lowest BCUT2D eigenvalue weighted by Crippen LogP contribution is -2.51. The maximum atomic E-state index is 11.7. The van der Waals surface area contributed by atoms with E-state index in [0.29, 0.717) is 13.0 Å². The van der Waals surface area contributed by atoms with E-state index in [2.05, 4.69) is 42.6 Å². The molecule has 0 radical (unpaired) electrons. The molecule has 2 aromatic rings. The zero-order valence-corrected chi connectivity index (χ0v) is 18.4. The van der Waals surface area contributed by atoms with Crippen molar-refractivity contribution < 1.29 is 4.79 Å². The third kappa shape index (κ3) is 4.48. The number of aromatic amines is 1. The molecule has 2 saturated heterocycles. The zero-order valence-electron chi connectivity index (χ0n) is 16.1. The second-order valence-corrected chi connectivity index (χ2v) is 7.49. The molecular weight excluding hydrogens is 467 g/mol. The average molecular weight is 494 g/mol. The molecule has 4 rings (SSSR count). The molecular formula is C20H27IN6O. The fourth-order valence-electron chi connectivity index (χ4n) is 4.14. The molecule has 0 bridgehead atoms. The maximum Gasteiger partial charge on any atom is 0.220 e. The Kier molecular flexibility index (Phi) is 6.58. The predicted octanol–water partition coefficient (Wildman–Crippen LogP) is 2.37. The number of hydrogen-bond acceptors (Lipinski definition) is 3. The van der Waals surface area contributed by atoms with Crippen molar-refractivity contribution in [1.29, 1.82) is 0 Å². The highest BCUT2D eigenvalue weighted by Crippen LogP contribution is 2.36. The number of nitrogens with zero attached hydrogens (tertiary/aromatic N) is 3. The number of aromatic nitrogens is 2. The molecule has 1 aromatic heterocycles. The molecule has 1 spiro atoms. The van der Waals surface area contributed by atoms with Gasteiger partial charge in [0.05, 0.1) is 18.4 Å². The number of hydrogen-bond donors (Lipinski definition) is 3. The highest BCUT2D eigenvalue weighted by molar-refractivity contribution is 14.0. The second-order valence-electron chi connectivity index (χ2n) is 7.49. The Hall–Kier alpha value is -2.10. The maximum absolute atomic E-state index is 11.7. The van der Waals surface area contributed by atoms with Crippen molar-refractivity contribution in [2.75, 3.05) is 26.7 Å². The number of nitrogens with one attached hydrogen (secondary N) is 3. The number of guanidine groups is 1. The van der Waals surface area contributed by atoms with E-state index in [4.69, 9.17) is 0 Å². The van der Waals surface area contributed by atoms with Crippen molar-refractivity contribution in [3.8, 4) is 11.3 Å². The number of carbonyl (C=O) groups is 1. The Bertz CT molecular complexity index is 836. The van der Waals surface area contributed by atoms with E-state index in [0.717, 1.165) is 55.5 Å². The van der Waals surface area contributed by atoms with Crippen LogP contribution >= 0.6 is 24.0 Å². The number of imidazole rings is 1. The molecule has 3 N–H and O–H groups in total. The molecule has 0 aliphatic carbocycles. The summed E-state index contributed by atoms with van der Waals surface area (Å²) in [5.41, 5.74) is 2.19. The summed E-state index contributed by atoms with van der Waals surface area (Å²) in [6.07, 6.45) is 4.66. The first-order valence-electron chi connectivity index (χ1n) is 9.49. The highest BCUT2D eigenvalue weighted by Gasteiger charge is 2.42. The number of H-pyrrole nitrogens is 1. The normalized spacial score (nSPS) is 22.1. The van der Waals surface area contributed by atoms with Crippen molar-refractivity contribution in [3.05, 3.63) is 42.4 Å². The number of aliphatic imine (C=N–C) groups is 1. The molecule has 3 heterocycles. The topological polar surface area (TPSA) is 85.4 Å². The summed E-state index contributed by atoms with van der Waals surface area (Å²) in [5, 5.41) is 6.41. The lowest BCUT2D eigenvalue weighted by atomic mass is 9.79. The molecule has 8 heteroatoms.